The van der Waals surface area contributed by atoms with E-state index in [-0.39, 0.29) is 32.0 Å². The number of allylic oxidation sites excluding steroid dienone is 8. The summed E-state index contributed by atoms with van der Waals surface area (Å²) in [5.74, 6) is -0.824. The van der Waals surface area contributed by atoms with Gasteiger partial charge in [-0.2, -0.15) is 0 Å². The molecule has 0 aromatic heterocycles. The van der Waals surface area contributed by atoms with E-state index >= 15 is 0 Å². The summed E-state index contributed by atoms with van der Waals surface area (Å²) in [5.41, 5.74) is 0. The Labute approximate surface area is 318 Å². The molecule has 1 N–H and O–H groups in total. The number of phosphoric acid groups is 1. The molecule has 0 radical (unpaired) electrons. The van der Waals surface area contributed by atoms with Crippen LogP contribution in [0.3, 0.4) is 0 Å². The molecule has 0 bridgehead atoms. The molecule has 0 saturated carbocycles. The van der Waals surface area contributed by atoms with Gasteiger partial charge in [-0.3, -0.25) is 18.6 Å². The van der Waals surface area contributed by atoms with E-state index < -0.39 is 26.5 Å². The number of hydrogen-bond acceptors (Lipinski definition) is 7. The summed E-state index contributed by atoms with van der Waals surface area (Å²) in [6.07, 6.45) is 44.4. The Bertz CT molecular complexity index is 990. The largest absolute Gasteiger partial charge is 0.472 e. The molecule has 8 nitrogen and oxygen atoms in total. The molecular formula is C43H77O8P. The summed E-state index contributed by atoms with van der Waals surface area (Å²) in [4.78, 5) is 34.7. The zero-order valence-corrected chi connectivity index (χ0v) is 34.3. The van der Waals surface area contributed by atoms with Crippen LogP contribution in [0.4, 0.5) is 0 Å². The highest BCUT2D eigenvalue weighted by atomic mass is 31.2. The van der Waals surface area contributed by atoms with Crippen molar-refractivity contribution in [3.63, 3.8) is 0 Å². The standard InChI is InChI=1S/C43H77O8P/c1-4-7-9-11-13-15-17-19-20-21-22-23-24-26-28-30-32-34-36-38-43(45)51-41(40-50-52(46,47)49-6-3)39-48-42(44)37-35-33-31-29-27-25-18-16-14-12-10-8-5-2/h13,15-16,18-20,22-23,41H,4-12,14,17,21,24-40H2,1-3H3,(H,46,47)/b15-13-,18-16-,20-19-,23-22-. The fourth-order valence-corrected chi connectivity index (χ4v) is 6.27. The maximum Gasteiger partial charge on any atom is 0.472 e. The Kier molecular flexibility index (Phi) is 37.2. The Hall–Kier alpha value is -1.99. The number of ether oxygens (including phenoxy) is 2. The van der Waals surface area contributed by atoms with Crippen LogP contribution >= 0.6 is 7.82 Å². The predicted molar refractivity (Wildman–Crippen MR) is 216 cm³/mol. The van der Waals surface area contributed by atoms with E-state index in [4.69, 9.17) is 18.5 Å². The average Bonchev–Trinajstić information content (AvgIpc) is 3.12. The highest BCUT2D eigenvalue weighted by Crippen LogP contribution is 2.43. The number of rotatable bonds is 38. The number of carbonyl (C=O) groups is 2. The molecule has 302 valence electrons. The van der Waals surface area contributed by atoms with Crippen LogP contribution in [0.1, 0.15) is 188 Å². The van der Waals surface area contributed by atoms with Crippen LogP contribution in [0.15, 0.2) is 48.6 Å². The topological polar surface area (TPSA) is 108 Å². The smallest absolute Gasteiger partial charge is 0.462 e. The van der Waals surface area contributed by atoms with Crippen molar-refractivity contribution in [2.75, 3.05) is 19.8 Å². The molecule has 2 unspecified atom stereocenters. The monoisotopic (exact) mass is 753 g/mol. The van der Waals surface area contributed by atoms with Gasteiger partial charge in [0.15, 0.2) is 6.10 Å². The van der Waals surface area contributed by atoms with Crippen LogP contribution in [-0.4, -0.2) is 42.8 Å². The Balaban J connectivity index is 4.14. The summed E-state index contributed by atoms with van der Waals surface area (Å²) < 4.78 is 32.6. The second-order valence-corrected chi connectivity index (χ2v) is 15.1. The molecule has 0 amide bonds. The first kappa shape index (κ1) is 50.0. The van der Waals surface area contributed by atoms with Crippen LogP contribution in [0.2, 0.25) is 0 Å². The molecule has 0 saturated heterocycles. The van der Waals surface area contributed by atoms with Gasteiger partial charge < -0.3 is 14.4 Å². The molecule has 52 heavy (non-hydrogen) atoms. The molecule has 9 heteroatoms. The first-order valence-electron chi connectivity index (χ1n) is 20.9. The molecule has 0 aromatic rings. The predicted octanol–water partition coefficient (Wildman–Crippen LogP) is 13.0. The van der Waals surface area contributed by atoms with Crippen LogP contribution in [0.25, 0.3) is 0 Å². The third kappa shape index (κ3) is 37.8. The maximum atomic E-state index is 12.5. The van der Waals surface area contributed by atoms with Crippen LogP contribution in [0.5, 0.6) is 0 Å². The van der Waals surface area contributed by atoms with E-state index in [0.29, 0.717) is 6.42 Å². The maximum absolute atomic E-state index is 12.5. The van der Waals surface area contributed by atoms with Gasteiger partial charge in [0.05, 0.1) is 13.2 Å². The molecule has 0 spiro atoms. The minimum Gasteiger partial charge on any atom is -0.462 e. The number of unbranched alkanes of at least 4 members (excludes halogenated alkanes) is 18. The highest BCUT2D eigenvalue weighted by Gasteiger charge is 2.25. The fourth-order valence-electron chi connectivity index (χ4n) is 5.51. The van der Waals surface area contributed by atoms with E-state index in [1.807, 2.05) is 0 Å². The van der Waals surface area contributed by atoms with Crippen molar-refractivity contribution < 1.29 is 37.6 Å². The van der Waals surface area contributed by atoms with E-state index in [9.17, 15) is 19.0 Å². The molecule has 0 heterocycles. The summed E-state index contributed by atoms with van der Waals surface area (Å²) in [6, 6.07) is 0. The van der Waals surface area contributed by atoms with Gasteiger partial charge in [0.2, 0.25) is 0 Å². The van der Waals surface area contributed by atoms with E-state index in [1.54, 1.807) is 6.92 Å². The fraction of sp³-hybridized carbons (Fsp3) is 0.767. The van der Waals surface area contributed by atoms with Gasteiger partial charge in [0, 0.05) is 12.8 Å². The van der Waals surface area contributed by atoms with E-state index in [2.05, 4.69) is 62.5 Å². The SMILES string of the molecule is CCCCC/C=C\C/C=C\C/C=C\CCCCCCCCC(=O)OC(COC(=O)CCCCCCC/C=C\CCCCCC)COP(=O)(O)OCC. The second-order valence-electron chi connectivity index (χ2n) is 13.6. The Morgan fingerprint density at radius 3 is 1.44 bits per heavy atom. The summed E-state index contributed by atoms with van der Waals surface area (Å²) in [5, 5.41) is 0. The average molecular weight is 753 g/mol. The lowest BCUT2D eigenvalue weighted by Gasteiger charge is -2.19. The molecule has 0 aromatic carbocycles. The molecule has 0 aliphatic heterocycles. The van der Waals surface area contributed by atoms with Gasteiger partial charge in [-0.1, -0.05) is 140 Å². The minimum atomic E-state index is -4.28. The van der Waals surface area contributed by atoms with Crippen molar-refractivity contribution in [2.45, 2.75) is 194 Å². The number of hydrogen-bond donors (Lipinski definition) is 1. The lowest BCUT2D eigenvalue weighted by atomic mass is 10.1. The zero-order chi connectivity index (χ0) is 38.2. The summed E-state index contributed by atoms with van der Waals surface area (Å²) >= 11 is 0. The van der Waals surface area contributed by atoms with Gasteiger partial charge in [0.1, 0.15) is 6.61 Å². The van der Waals surface area contributed by atoms with E-state index in [0.717, 1.165) is 89.9 Å². The number of esters is 2. The van der Waals surface area contributed by atoms with Crippen molar-refractivity contribution >= 4 is 19.8 Å². The third-order valence-corrected chi connectivity index (χ3v) is 9.67. The van der Waals surface area contributed by atoms with Crippen molar-refractivity contribution in [2.24, 2.45) is 0 Å². The zero-order valence-electron chi connectivity index (χ0n) is 33.5. The van der Waals surface area contributed by atoms with E-state index in [1.165, 1.54) is 57.8 Å². The molecule has 2 atom stereocenters. The molecule has 0 fully saturated rings. The van der Waals surface area contributed by atoms with Crippen LogP contribution in [0, 0.1) is 0 Å². The minimum absolute atomic E-state index is 0.00505. The van der Waals surface area contributed by atoms with Crippen molar-refractivity contribution in [3.05, 3.63) is 48.6 Å². The molecular weight excluding hydrogens is 675 g/mol. The van der Waals surface area contributed by atoms with Gasteiger partial charge >= 0.3 is 19.8 Å². The van der Waals surface area contributed by atoms with Crippen LogP contribution in [-0.2, 0) is 32.7 Å². The lowest BCUT2D eigenvalue weighted by molar-refractivity contribution is -0.161. The molecule has 0 aliphatic rings. The Morgan fingerprint density at radius 2 is 0.923 bits per heavy atom. The summed E-state index contributed by atoms with van der Waals surface area (Å²) in [6.45, 7) is 5.40. The quantitative estimate of drug-likeness (QED) is 0.0287. The number of carbonyl (C=O) groups excluding carboxylic acids is 2. The van der Waals surface area contributed by atoms with Crippen molar-refractivity contribution in [1.29, 1.82) is 0 Å². The summed E-state index contributed by atoms with van der Waals surface area (Å²) in [7, 11) is -4.28. The third-order valence-electron chi connectivity index (χ3n) is 8.61. The molecule has 0 aliphatic carbocycles. The first-order valence-corrected chi connectivity index (χ1v) is 22.4. The second kappa shape index (κ2) is 38.7. The normalized spacial score (nSPS) is 13.8. The molecule has 0 rings (SSSR count). The lowest BCUT2D eigenvalue weighted by Crippen LogP contribution is -2.29. The van der Waals surface area contributed by atoms with Crippen molar-refractivity contribution in [3.8, 4) is 0 Å². The first-order chi connectivity index (χ1) is 25.3. The van der Waals surface area contributed by atoms with Crippen molar-refractivity contribution in [1.82, 2.24) is 0 Å². The Morgan fingerprint density at radius 1 is 0.519 bits per heavy atom. The van der Waals surface area contributed by atoms with Gasteiger partial charge in [-0.25, -0.2) is 4.57 Å². The number of phosphoric ester groups is 1. The van der Waals surface area contributed by atoms with Gasteiger partial charge in [-0.15, -0.1) is 0 Å². The highest BCUT2D eigenvalue weighted by molar-refractivity contribution is 7.47. The van der Waals surface area contributed by atoms with Crippen LogP contribution < -0.4 is 0 Å². The van der Waals surface area contributed by atoms with Gasteiger partial charge in [-0.05, 0) is 84.0 Å². The van der Waals surface area contributed by atoms with Gasteiger partial charge in [0.25, 0.3) is 0 Å².